The molecular formula is C11H8Cl2O4. The first-order valence-electron chi connectivity index (χ1n) is 4.86. The van der Waals surface area contributed by atoms with Crippen molar-refractivity contribution < 1.29 is 19.4 Å². The van der Waals surface area contributed by atoms with Crippen LogP contribution in [0.4, 0.5) is 0 Å². The van der Waals surface area contributed by atoms with Crippen molar-refractivity contribution in [2.45, 2.75) is 12.5 Å². The summed E-state index contributed by atoms with van der Waals surface area (Å²) in [6, 6.07) is 4.67. The van der Waals surface area contributed by atoms with Crippen molar-refractivity contribution >= 4 is 35.1 Å². The molecule has 2 atom stereocenters. The maximum absolute atomic E-state index is 11.1. The van der Waals surface area contributed by atoms with Crippen molar-refractivity contribution in [2.24, 2.45) is 5.92 Å². The van der Waals surface area contributed by atoms with Crippen LogP contribution < -0.4 is 0 Å². The summed E-state index contributed by atoms with van der Waals surface area (Å²) in [4.78, 5) is 22.1. The maximum Gasteiger partial charge on any atom is 0.311 e. The van der Waals surface area contributed by atoms with Gasteiger partial charge in [0.15, 0.2) is 0 Å². The number of carbonyl (C=O) groups is 2. The molecule has 0 amide bonds. The highest BCUT2D eigenvalue weighted by molar-refractivity contribution is 6.42. The molecule has 6 heteroatoms. The molecule has 0 aromatic heterocycles. The first-order chi connectivity index (χ1) is 7.99. The van der Waals surface area contributed by atoms with Crippen LogP contribution in [0.15, 0.2) is 18.2 Å². The molecule has 0 spiro atoms. The van der Waals surface area contributed by atoms with Crippen LogP contribution in [0.25, 0.3) is 0 Å². The van der Waals surface area contributed by atoms with Gasteiger partial charge in [0.05, 0.1) is 16.5 Å². The Bertz CT molecular complexity index is 486. The van der Waals surface area contributed by atoms with Gasteiger partial charge in [-0.25, -0.2) is 0 Å². The number of aliphatic carboxylic acids is 1. The number of halogens is 2. The average molecular weight is 275 g/mol. The molecule has 0 radical (unpaired) electrons. The lowest BCUT2D eigenvalue weighted by Gasteiger charge is -2.14. The Labute approximate surface area is 107 Å². The zero-order valence-corrected chi connectivity index (χ0v) is 10.0. The zero-order valence-electron chi connectivity index (χ0n) is 8.52. The van der Waals surface area contributed by atoms with E-state index in [-0.39, 0.29) is 6.42 Å². The van der Waals surface area contributed by atoms with Gasteiger partial charge in [-0.15, -0.1) is 0 Å². The van der Waals surface area contributed by atoms with Gasteiger partial charge < -0.3 is 9.84 Å². The highest BCUT2D eigenvalue weighted by Gasteiger charge is 2.40. The minimum atomic E-state index is -1.06. The number of carbonyl (C=O) groups excluding carboxylic acids is 1. The molecule has 1 saturated heterocycles. The molecule has 1 aromatic rings. The number of carboxylic acid groups (broad SMARTS) is 1. The fourth-order valence-corrected chi connectivity index (χ4v) is 2.07. The van der Waals surface area contributed by atoms with E-state index < -0.39 is 24.0 Å². The van der Waals surface area contributed by atoms with E-state index in [9.17, 15) is 9.59 Å². The van der Waals surface area contributed by atoms with Crippen LogP contribution in [0.3, 0.4) is 0 Å². The molecule has 90 valence electrons. The minimum Gasteiger partial charge on any atom is -0.481 e. The van der Waals surface area contributed by atoms with E-state index in [4.69, 9.17) is 33.0 Å². The largest absolute Gasteiger partial charge is 0.481 e. The number of ether oxygens (including phenoxy) is 1. The maximum atomic E-state index is 11.1. The van der Waals surface area contributed by atoms with Gasteiger partial charge in [-0.2, -0.15) is 0 Å². The normalized spacial score (nSPS) is 23.5. The van der Waals surface area contributed by atoms with E-state index in [0.29, 0.717) is 15.6 Å². The third-order valence-electron chi connectivity index (χ3n) is 2.60. The first kappa shape index (κ1) is 12.2. The number of carboxylic acids is 1. The molecule has 1 aliphatic heterocycles. The lowest BCUT2D eigenvalue weighted by molar-refractivity contribution is -0.144. The molecule has 1 fully saturated rings. The Kier molecular flexibility index (Phi) is 3.26. The van der Waals surface area contributed by atoms with Crippen LogP contribution in [-0.4, -0.2) is 17.0 Å². The second kappa shape index (κ2) is 4.55. The second-order valence-electron chi connectivity index (χ2n) is 3.73. The average Bonchev–Trinajstić information content (AvgIpc) is 2.64. The molecule has 0 bridgehead atoms. The van der Waals surface area contributed by atoms with Crippen LogP contribution in [-0.2, 0) is 14.3 Å². The SMILES string of the molecule is O=C1C[C@H](C(=O)O)[C@@H](c2ccc(Cl)c(Cl)c2)O1. The molecule has 1 aromatic carbocycles. The van der Waals surface area contributed by atoms with E-state index in [2.05, 4.69) is 0 Å². The van der Waals surface area contributed by atoms with Crippen molar-refractivity contribution in [2.75, 3.05) is 0 Å². The number of benzene rings is 1. The van der Waals surface area contributed by atoms with Gasteiger partial charge in [0.2, 0.25) is 0 Å². The molecule has 0 unspecified atom stereocenters. The van der Waals surface area contributed by atoms with E-state index in [0.717, 1.165) is 0 Å². The van der Waals surface area contributed by atoms with Crippen LogP contribution in [0.1, 0.15) is 18.1 Å². The quantitative estimate of drug-likeness (QED) is 0.843. The summed E-state index contributed by atoms with van der Waals surface area (Å²) in [5.74, 6) is -2.46. The summed E-state index contributed by atoms with van der Waals surface area (Å²) in [6.07, 6.45) is -0.921. The van der Waals surface area contributed by atoms with Crippen LogP contribution in [0.5, 0.6) is 0 Å². The molecule has 17 heavy (non-hydrogen) atoms. The summed E-state index contributed by atoms with van der Waals surface area (Å²) in [6.45, 7) is 0. The lowest BCUT2D eigenvalue weighted by Crippen LogP contribution is -2.17. The highest BCUT2D eigenvalue weighted by Crippen LogP contribution is 2.37. The topological polar surface area (TPSA) is 63.6 Å². The molecule has 1 N–H and O–H groups in total. The molecule has 4 nitrogen and oxygen atoms in total. The Hall–Kier alpha value is -1.26. The zero-order chi connectivity index (χ0) is 12.6. The van der Waals surface area contributed by atoms with Gasteiger partial charge >= 0.3 is 11.9 Å². The Balaban J connectivity index is 2.34. The monoisotopic (exact) mass is 274 g/mol. The number of rotatable bonds is 2. The summed E-state index contributed by atoms with van der Waals surface area (Å²) in [7, 11) is 0. The van der Waals surface area contributed by atoms with Crippen molar-refractivity contribution in [3.05, 3.63) is 33.8 Å². The van der Waals surface area contributed by atoms with Crippen molar-refractivity contribution in [3.8, 4) is 0 Å². The molecule has 0 aliphatic carbocycles. The second-order valence-corrected chi connectivity index (χ2v) is 4.55. The van der Waals surface area contributed by atoms with E-state index in [1.807, 2.05) is 0 Å². The Morgan fingerprint density at radius 3 is 2.65 bits per heavy atom. The predicted octanol–water partition coefficient (Wildman–Crippen LogP) is 2.68. The summed E-state index contributed by atoms with van der Waals surface area (Å²) >= 11 is 11.6. The summed E-state index contributed by atoms with van der Waals surface area (Å²) < 4.78 is 4.99. The van der Waals surface area contributed by atoms with Gasteiger partial charge in [0.1, 0.15) is 12.0 Å². The fourth-order valence-electron chi connectivity index (χ4n) is 1.76. The van der Waals surface area contributed by atoms with E-state index in [1.54, 1.807) is 12.1 Å². The molecule has 2 rings (SSSR count). The van der Waals surface area contributed by atoms with Gasteiger partial charge in [0.25, 0.3) is 0 Å². The van der Waals surface area contributed by atoms with E-state index in [1.165, 1.54) is 6.07 Å². The molecule has 0 saturated carbocycles. The van der Waals surface area contributed by atoms with Gasteiger partial charge in [0, 0.05) is 0 Å². The third kappa shape index (κ3) is 2.37. The van der Waals surface area contributed by atoms with E-state index >= 15 is 0 Å². The molecular weight excluding hydrogens is 267 g/mol. The molecule has 1 aliphatic rings. The van der Waals surface area contributed by atoms with Gasteiger partial charge in [-0.3, -0.25) is 9.59 Å². The number of hydrogen-bond acceptors (Lipinski definition) is 3. The van der Waals surface area contributed by atoms with Crippen molar-refractivity contribution in [3.63, 3.8) is 0 Å². The highest BCUT2D eigenvalue weighted by atomic mass is 35.5. The number of hydrogen-bond donors (Lipinski definition) is 1. The summed E-state index contributed by atoms with van der Waals surface area (Å²) in [5.41, 5.74) is 0.539. The van der Waals surface area contributed by atoms with Crippen LogP contribution in [0.2, 0.25) is 10.0 Å². The summed E-state index contributed by atoms with van der Waals surface area (Å²) in [5, 5.41) is 9.66. The molecule has 1 heterocycles. The number of esters is 1. The minimum absolute atomic E-state index is 0.125. The van der Waals surface area contributed by atoms with Crippen molar-refractivity contribution in [1.82, 2.24) is 0 Å². The smallest absolute Gasteiger partial charge is 0.311 e. The van der Waals surface area contributed by atoms with Crippen molar-refractivity contribution in [1.29, 1.82) is 0 Å². The van der Waals surface area contributed by atoms with Gasteiger partial charge in [-0.05, 0) is 17.7 Å². The van der Waals surface area contributed by atoms with Crippen LogP contribution >= 0.6 is 23.2 Å². The first-order valence-corrected chi connectivity index (χ1v) is 5.62. The lowest BCUT2D eigenvalue weighted by atomic mass is 9.95. The Morgan fingerprint density at radius 2 is 2.06 bits per heavy atom. The number of cyclic esters (lactones) is 1. The fraction of sp³-hybridized carbons (Fsp3) is 0.273. The van der Waals surface area contributed by atoms with Gasteiger partial charge in [-0.1, -0.05) is 29.3 Å². The third-order valence-corrected chi connectivity index (χ3v) is 3.34. The Morgan fingerprint density at radius 1 is 1.35 bits per heavy atom. The van der Waals surface area contributed by atoms with Crippen LogP contribution in [0, 0.1) is 5.92 Å². The standard InChI is InChI=1S/C11H8Cl2O4/c12-7-2-1-5(3-8(7)13)10-6(11(15)16)4-9(14)17-10/h1-3,6,10H,4H2,(H,15,16)/t6-,10+/m0/s1. The predicted molar refractivity (Wildman–Crippen MR) is 61.0 cm³/mol.